The van der Waals surface area contributed by atoms with Gasteiger partial charge >= 0.3 is 0 Å². The lowest BCUT2D eigenvalue weighted by molar-refractivity contribution is -0.116. The number of benzene rings is 1. The topological polar surface area (TPSA) is 93.9 Å². The Balaban J connectivity index is 1.44. The number of aromatic nitrogens is 1. The number of carbonyl (C=O) groups is 2. The number of anilines is 1. The number of nitrogens with one attached hydrogen (secondary N) is 1. The molecule has 0 bridgehead atoms. The number of amides is 2. The maximum Gasteiger partial charge on any atom is 0.276 e. The monoisotopic (exact) mass is 387 g/mol. The minimum atomic E-state index is -0.100. The van der Waals surface area contributed by atoms with Crippen molar-refractivity contribution < 1.29 is 23.6 Å². The van der Waals surface area contributed by atoms with Crippen LogP contribution in [0.1, 0.15) is 36.2 Å². The number of hydrogen-bond acceptors (Lipinski definition) is 6. The van der Waals surface area contributed by atoms with E-state index in [-0.39, 0.29) is 11.8 Å². The van der Waals surface area contributed by atoms with Crippen molar-refractivity contribution in [3.8, 4) is 11.5 Å². The number of piperidine rings is 1. The number of rotatable bonds is 7. The van der Waals surface area contributed by atoms with Crippen LogP contribution in [0.2, 0.25) is 0 Å². The van der Waals surface area contributed by atoms with Crippen molar-refractivity contribution in [1.82, 2.24) is 10.1 Å². The molecule has 1 aliphatic rings. The summed E-state index contributed by atoms with van der Waals surface area (Å²) in [4.78, 5) is 26.4. The highest BCUT2D eigenvalue weighted by Crippen LogP contribution is 2.29. The van der Waals surface area contributed by atoms with Crippen molar-refractivity contribution in [3.63, 3.8) is 0 Å². The summed E-state index contributed by atoms with van der Waals surface area (Å²) in [7, 11) is 3.14. The molecule has 1 N–H and O–H groups in total. The van der Waals surface area contributed by atoms with Gasteiger partial charge in [-0.25, -0.2) is 0 Å². The van der Waals surface area contributed by atoms with Gasteiger partial charge in [0, 0.05) is 31.6 Å². The van der Waals surface area contributed by atoms with Gasteiger partial charge in [0.05, 0.1) is 19.9 Å². The number of nitrogens with zero attached hydrogens (tertiary/aromatic N) is 2. The molecular weight excluding hydrogens is 362 g/mol. The summed E-state index contributed by atoms with van der Waals surface area (Å²) in [6, 6.07) is 6.85. The van der Waals surface area contributed by atoms with Gasteiger partial charge in [-0.05, 0) is 37.3 Å². The van der Waals surface area contributed by atoms with E-state index in [9.17, 15) is 9.59 Å². The van der Waals surface area contributed by atoms with Gasteiger partial charge in [-0.2, -0.15) is 0 Å². The van der Waals surface area contributed by atoms with Crippen molar-refractivity contribution in [2.24, 2.45) is 5.92 Å². The van der Waals surface area contributed by atoms with Crippen LogP contribution in [0.15, 0.2) is 35.1 Å². The first-order valence-corrected chi connectivity index (χ1v) is 9.32. The van der Waals surface area contributed by atoms with Crippen molar-refractivity contribution in [3.05, 3.63) is 36.2 Å². The summed E-state index contributed by atoms with van der Waals surface area (Å²) in [6.07, 6.45) is 4.37. The summed E-state index contributed by atoms with van der Waals surface area (Å²) in [5.41, 5.74) is 0.965. The average molecular weight is 387 g/mol. The van der Waals surface area contributed by atoms with Crippen molar-refractivity contribution in [2.75, 3.05) is 32.6 Å². The molecular formula is C20H25N3O5. The Hall–Kier alpha value is -3.03. The molecule has 0 atom stereocenters. The van der Waals surface area contributed by atoms with E-state index in [1.54, 1.807) is 43.4 Å². The number of ether oxygens (including phenoxy) is 2. The van der Waals surface area contributed by atoms with Gasteiger partial charge < -0.3 is 24.2 Å². The third-order valence-corrected chi connectivity index (χ3v) is 5.02. The Labute approximate surface area is 163 Å². The third-order valence-electron chi connectivity index (χ3n) is 5.02. The van der Waals surface area contributed by atoms with E-state index in [4.69, 9.17) is 14.0 Å². The summed E-state index contributed by atoms with van der Waals surface area (Å²) in [5, 5.41) is 6.59. The molecule has 1 saturated heterocycles. The van der Waals surface area contributed by atoms with Gasteiger partial charge in [0.2, 0.25) is 5.91 Å². The van der Waals surface area contributed by atoms with E-state index in [2.05, 4.69) is 10.5 Å². The lowest BCUT2D eigenvalue weighted by Crippen LogP contribution is -2.38. The Kier molecular flexibility index (Phi) is 6.52. The van der Waals surface area contributed by atoms with Crippen molar-refractivity contribution in [1.29, 1.82) is 0 Å². The fourth-order valence-electron chi connectivity index (χ4n) is 3.36. The zero-order chi connectivity index (χ0) is 19.9. The molecule has 150 valence electrons. The standard InChI is InChI=1S/C20H25N3O5/c1-26-15-4-5-16(18(13-15)27-2)21-19(24)6-3-14-7-10-23(11-8-14)20(25)17-9-12-28-22-17/h4-5,9,12-14H,3,6-8,10-11H2,1-2H3,(H,21,24). The summed E-state index contributed by atoms with van der Waals surface area (Å²) in [5.74, 6) is 1.50. The summed E-state index contributed by atoms with van der Waals surface area (Å²) >= 11 is 0. The molecule has 8 nitrogen and oxygen atoms in total. The molecule has 2 amide bonds. The molecule has 1 fully saturated rings. The molecule has 0 saturated carbocycles. The van der Waals surface area contributed by atoms with Crippen molar-refractivity contribution in [2.45, 2.75) is 25.7 Å². The van der Waals surface area contributed by atoms with Gasteiger partial charge in [-0.15, -0.1) is 0 Å². The van der Waals surface area contributed by atoms with Gasteiger partial charge in [0.25, 0.3) is 5.91 Å². The predicted octanol–water partition coefficient (Wildman–Crippen LogP) is 2.96. The molecule has 3 rings (SSSR count). The average Bonchev–Trinajstić information content (AvgIpc) is 3.27. The van der Waals surface area contributed by atoms with E-state index < -0.39 is 0 Å². The Morgan fingerprint density at radius 3 is 2.64 bits per heavy atom. The summed E-state index contributed by atoms with van der Waals surface area (Å²) < 4.78 is 15.2. The summed E-state index contributed by atoms with van der Waals surface area (Å²) in [6.45, 7) is 1.34. The lowest BCUT2D eigenvalue weighted by atomic mass is 9.92. The van der Waals surface area contributed by atoms with Crippen LogP contribution >= 0.6 is 0 Å². The maximum atomic E-state index is 12.3. The van der Waals surface area contributed by atoms with Crippen LogP contribution in [-0.2, 0) is 4.79 Å². The van der Waals surface area contributed by atoms with Crippen LogP contribution in [0.4, 0.5) is 5.69 Å². The first-order chi connectivity index (χ1) is 13.6. The van der Waals surface area contributed by atoms with Gasteiger partial charge in [0.15, 0.2) is 5.69 Å². The molecule has 0 aliphatic carbocycles. The van der Waals surface area contributed by atoms with Crippen LogP contribution in [-0.4, -0.2) is 49.2 Å². The second kappa shape index (κ2) is 9.25. The minimum absolute atomic E-state index is 0.0513. The zero-order valence-electron chi connectivity index (χ0n) is 16.1. The second-order valence-electron chi connectivity index (χ2n) is 6.77. The molecule has 0 unspecified atom stereocenters. The third kappa shape index (κ3) is 4.82. The van der Waals surface area contributed by atoms with Crippen LogP contribution in [0.25, 0.3) is 0 Å². The predicted molar refractivity (Wildman–Crippen MR) is 103 cm³/mol. The van der Waals surface area contributed by atoms with E-state index >= 15 is 0 Å². The Bertz CT molecular complexity index is 798. The number of methoxy groups -OCH3 is 2. The lowest BCUT2D eigenvalue weighted by Gasteiger charge is -2.31. The molecule has 8 heteroatoms. The van der Waals surface area contributed by atoms with E-state index in [1.165, 1.54) is 6.26 Å². The zero-order valence-corrected chi connectivity index (χ0v) is 16.1. The molecule has 0 radical (unpaired) electrons. The highest BCUT2D eigenvalue weighted by atomic mass is 16.5. The number of carbonyl (C=O) groups excluding carboxylic acids is 2. The minimum Gasteiger partial charge on any atom is -0.497 e. The first-order valence-electron chi connectivity index (χ1n) is 9.32. The highest BCUT2D eigenvalue weighted by Gasteiger charge is 2.25. The molecule has 1 aliphatic heterocycles. The van der Waals surface area contributed by atoms with E-state index in [0.717, 1.165) is 19.3 Å². The Morgan fingerprint density at radius 2 is 2.00 bits per heavy atom. The van der Waals surface area contributed by atoms with Gasteiger partial charge in [-0.3, -0.25) is 9.59 Å². The SMILES string of the molecule is COc1ccc(NC(=O)CCC2CCN(C(=O)c3ccon3)CC2)c(OC)c1. The molecule has 2 heterocycles. The van der Waals surface area contributed by atoms with E-state index in [0.29, 0.717) is 48.3 Å². The fourth-order valence-corrected chi connectivity index (χ4v) is 3.36. The Morgan fingerprint density at radius 1 is 1.21 bits per heavy atom. The van der Waals surface area contributed by atoms with Gasteiger partial charge in [-0.1, -0.05) is 5.16 Å². The smallest absolute Gasteiger partial charge is 0.276 e. The highest BCUT2D eigenvalue weighted by molar-refractivity contribution is 5.92. The van der Waals surface area contributed by atoms with Crippen molar-refractivity contribution >= 4 is 17.5 Å². The molecule has 28 heavy (non-hydrogen) atoms. The molecule has 1 aromatic carbocycles. The molecule has 2 aromatic rings. The maximum absolute atomic E-state index is 12.3. The van der Waals surface area contributed by atoms with Crippen LogP contribution in [0.3, 0.4) is 0 Å². The second-order valence-corrected chi connectivity index (χ2v) is 6.77. The van der Waals surface area contributed by atoms with Crippen LogP contribution in [0, 0.1) is 5.92 Å². The number of hydrogen-bond donors (Lipinski definition) is 1. The van der Waals surface area contributed by atoms with Gasteiger partial charge in [0.1, 0.15) is 17.8 Å². The normalized spacial score (nSPS) is 14.6. The quantitative estimate of drug-likeness (QED) is 0.785. The molecule has 0 spiro atoms. The largest absolute Gasteiger partial charge is 0.497 e. The van der Waals surface area contributed by atoms with Crippen LogP contribution < -0.4 is 14.8 Å². The molecule has 1 aromatic heterocycles. The first kappa shape index (κ1) is 19.7. The van der Waals surface area contributed by atoms with Crippen LogP contribution in [0.5, 0.6) is 11.5 Å². The van der Waals surface area contributed by atoms with E-state index in [1.807, 2.05) is 0 Å². The fraction of sp³-hybridized carbons (Fsp3) is 0.450. The number of likely N-dealkylation sites (tertiary alicyclic amines) is 1.